The third-order valence-corrected chi connectivity index (χ3v) is 6.07. The number of nitrogens with zero attached hydrogens (tertiary/aromatic N) is 3. The van der Waals surface area contributed by atoms with E-state index in [9.17, 15) is 8.42 Å². The molecule has 0 unspecified atom stereocenters. The van der Waals surface area contributed by atoms with E-state index in [1.165, 1.54) is 0 Å². The summed E-state index contributed by atoms with van der Waals surface area (Å²) < 4.78 is 30.0. The van der Waals surface area contributed by atoms with Gasteiger partial charge in [0.2, 0.25) is 5.78 Å². The second-order valence-corrected chi connectivity index (χ2v) is 8.20. The highest BCUT2D eigenvalue weighted by atomic mass is 32.2. The summed E-state index contributed by atoms with van der Waals surface area (Å²) in [4.78, 5) is 9.08. The first-order valence-corrected chi connectivity index (χ1v) is 10.5. The molecule has 0 atom stereocenters. The smallest absolute Gasteiger partial charge is 0.261 e. The third-order valence-electron chi connectivity index (χ3n) is 4.67. The number of hydrogen-bond acceptors (Lipinski definition) is 4. The van der Waals surface area contributed by atoms with Crippen LogP contribution in [-0.4, -0.2) is 22.8 Å². The zero-order valence-corrected chi connectivity index (χ0v) is 16.4. The molecule has 28 heavy (non-hydrogen) atoms. The molecule has 2 aromatic carbocycles. The molecule has 4 rings (SSSR count). The van der Waals surface area contributed by atoms with Crippen molar-refractivity contribution in [1.29, 1.82) is 0 Å². The second-order valence-electron chi connectivity index (χ2n) is 6.52. The van der Waals surface area contributed by atoms with Gasteiger partial charge in [0.25, 0.3) is 10.0 Å². The Balaban J connectivity index is 1.67. The Morgan fingerprint density at radius 1 is 1.07 bits per heavy atom. The monoisotopic (exact) mass is 392 g/mol. The fourth-order valence-corrected chi connectivity index (χ4v) is 4.17. The van der Waals surface area contributed by atoms with Gasteiger partial charge in [0.15, 0.2) is 0 Å². The lowest BCUT2D eigenvalue weighted by Gasteiger charge is -2.10. The maximum absolute atomic E-state index is 12.7. The van der Waals surface area contributed by atoms with Gasteiger partial charge in [-0.1, -0.05) is 31.2 Å². The minimum atomic E-state index is -3.66. The molecule has 0 aliphatic carbocycles. The Labute approximate surface area is 164 Å². The molecule has 0 fully saturated rings. The molecule has 0 saturated carbocycles. The molecule has 0 aliphatic heterocycles. The van der Waals surface area contributed by atoms with Crippen LogP contribution < -0.4 is 4.72 Å². The SMILES string of the molecule is CCc1ccc(S(=O)(=O)Nc2cccc(-c3nc4ncccn4c3C)c2)cc1. The second kappa shape index (κ2) is 7.09. The predicted octanol–water partition coefficient (Wildman–Crippen LogP) is 4.07. The van der Waals surface area contributed by atoms with Crippen molar-refractivity contribution in [2.75, 3.05) is 4.72 Å². The summed E-state index contributed by atoms with van der Waals surface area (Å²) in [5, 5.41) is 0. The van der Waals surface area contributed by atoms with Crippen LogP contribution in [0.4, 0.5) is 5.69 Å². The van der Waals surface area contributed by atoms with Crippen molar-refractivity contribution in [3.8, 4) is 11.3 Å². The van der Waals surface area contributed by atoms with Crippen molar-refractivity contribution >= 4 is 21.5 Å². The van der Waals surface area contributed by atoms with Crippen LogP contribution in [0.5, 0.6) is 0 Å². The molecule has 0 spiro atoms. The summed E-state index contributed by atoms with van der Waals surface area (Å²) in [6.45, 7) is 3.99. The normalized spacial score (nSPS) is 11.6. The molecule has 0 amide bonds. The number of sulfonamides is 1. The Morgan fingerprint density at radius 2 is 1.86 bits per heavy atom. The summed E-state index contributed by atoms with van der Waals surface area (Å²) >= 11 is 0. The first-order chi connectivity index (χ1) is 13.5. The highest BCUT2D eigenvalue weighted by Gasteiger charge is 2.16. The van der Waals surface area contributed by atoms with E-state index in [0.29, 0.717) is 11.5 Å². The molecular formula is C21H20N4O2S. The lowest BCUT2D eigenvalue weighted by atomic mass is 10.1. The van der Waals surface area contributed by atoms with Gasteiger partial charge in [-0.2, -0.15) is 0 Å². The zero-order valence-electron chi connectivity index (χ0n) is 15.6. The van der Waals surface area contributed by atoms with E-state index < -0.39 is 10.0 Å². The Morgan fingerprint density at radius 3 is 2.57 bits per heavy atom. The molecule has 6 nitrogen and oxygen atoms in total. The Hall–Kier alpha value is -3.19. The van der Waals surface area contributed by atoms with Gasteiger partial charge >= 0.3 is 0 Å². The number of fused-ring (bicyclic) bond motifs is 1. The van der Waals surface area contributed by atoms with E-state index in [4.69, 9.17) is 0 Å². The zero-order chi connectivity index (χ0) is 19.7. The van der Waals surface area contributed by atoms with Gasteiger partial charge in [0.1, 0.15) is 0 Å². The molecule has 0 bridgehead atoms. The maximum atomic E-state index is 12.7. The van der Waals surface area contributed by atoms with E-state index in [0.717, 1.165) is 28.9 Å². The van der Waals surface area contributed by atoms with Gasteiger partial charge in [-0.15, -0.1) is 0 Å². The van der Waals surface area contributed by atoms with Crippen LogP contribution >= 0.6 is 0 Å². The average molecular weight is 392 g/mol. The molecule has 7 heteroatoms. The van der Waals surface area contributed by atoms with Crippen LogP contribution in [0.2, 0.25) is 0 Å². The van der Waals surface area contributed by atoms with Gasteiger partial charge in [-0.3, -0.25) is 9.12 Å². The number of nitrogens with one attached hydrogen (secondary N) is 1. The lowest BCUT2D eigenvalue weighted by molar-refractivity contribution is 0.601. The number of aryl methyl sites for hydroxylation is 2. The number of aromatic nitrogens is 3. The van der Waals surface area contributed by atoms with Crippen molar-refractivity contribution in [3.63, 3.8) is 0 Å². The fraction of sp³-hybridized carbons (Fsp3) is 0.143. The van der Waals surface area contributed by atoms with Gasteiger partial charge in [0, 0.05) is 29.3 Å². The molecule has 142 valence electrons. The maximum Gasteiger partial charge on any atom is 0.261 e. The number of hydrogen-bond donors (Lipinski definition) is 1. The van der Waals surface area contributed by atoms with E-state index in [1.807, 2.05) is 54.8 Å². The molecule has 0 radical (unpaired) electrons. The van der Waals surface area contributed by atoms with E-state index >= 15 is 0 Å². The van der Waals surface area contributed by atoms with Crippen molar-refractivity contribution in [2.45, 2.75) is 25.2 Å². The lowest BCUT2D eigenvalue weighted by Crippen LogP contribution is -2.13. The largest absolute Gasteiger partial charge is 0.288 e. The molecule has 0 saturated heterocycles. The standard InChI is InChI=1S/C21H20N4O2S/c1-3-16-8-10-19(11-9-16)28(26,27)24-18-7-4-6-17(14-18)20-15(2)25-13-5-12-22-21(25)23-20/h4-14,24H,3H2,1-2H3. The molecule has 1 N–H and O–H groups in total. The first-order valence-electron chi connectivity index (χ1n) is 9.00. The quantitative estimate of drug-likeness (QED) is 0.555. The number of rotatable bonds is 5. The Kier molecular flexibility index (Phi) is 4.60. The van der Waals surface area contributed by atoms with E-state index in [-0.39, 0.29) is 4.90 Å². The number of benzene rings is 2. The Bertz CT molecular complexity index is 1250. The third kappa shape index (κ3) is 3.36. The van der Waals surface area contributed by atoms with E-state index in [1.54, 1.807) is 30.5 Å². The first kappa shape index (κ1) is 18.2. The van der Waals surface area contributed by atoms with E-state index in [2.05, 4.69) is 14.7 Å². The van der Waals surface area contributed by atoms with Crippen LogP contribution in [0.1, 0.15) is 18.2 Å². The van der Waals surface area contributed by atoms with Gasteiger partial charge in [-0.25, -0.2) is 18.4 Å². The number of imidazole rings is 1. The van der Waals surface area contributed by atoms with Crippen LogP contribution in [0.15, 0.2) is 71.9 Å². The van der Waals surface area contributed by atoms with Gasteiger partial charge in [0.05, 0.1) is 10.6 Å². The van der Waals surface area contributed by atoms with Gasteiger partial charge < -0.3 is 0 Å². The summed E-state index contributed by atoms with van der Waals surface area (Å²) in [5.74, 6) is 0.608. The summed E-state index contributed by atoms with van der Waals surface area (Å²) in [7, 11) is -3.66. The van der Waals surface area contributed by atoms with Crippen molar-refractivity contribution in [3.05, 3.63) is 78.2 Å². The van der Waals surface area contributed by atoms with Crippen molar-refractivity contribution in [2.24, 2.45) is 0 Å². The van der Waals surface area contributed by atoms with Crippen LogP contribution in [0.25, 0.3) is 17.0 Å². The van der Waals surface area contributed by atoms with Gasteiger partial charge in [-0.05, 0) is 49.2 Å². The minimum Gasteiger partial charge on any atom is -0.288 e. The van der Waals surface area contributed by atoms with Crippen molar-refractivity contribution in [1.82, 2.24) is 14.4 Å². The summed E-state index contributed by atoms with van der Waals surface area (Å²) in [6, 6.07) is 16.0. The molecule has 2 heterocycles. The topological polar surface area (TPSA) is 76.4 Å². The van der Waals surface area contributed by atoms with Crippen LogP contribution in [0.3, 0.4) is 0 Å². The highest BCUT2D eigenvalue weighted by molar-refractivity contribution is 7.92. The number of anilines is 1. The molecule has 2 aromatic heterocycles. The summed E-state index contributed by atoms with van der Waals surface area (Å²) in [5.41, 5.74) is 4.12. The predicted molar refractivity (Wildman–Crippen MR) is 110 cm³/mol. The van der Waals surface area contributed by atoms with Crippen LogP contribution in [-0.2, 0) is 16.4 Å². The summed E-state index contributed by atoms with van der Waals surface area (Å²) in [6.07, 6.45) is 4.46. The molecule has 0 aliphatic rings. The van der Waals surface area contributed by atoms with Crippen LogP contribution in [0, 0.1) is 6.92 Å². The highest BCUT2D eigenvalue weighted by Crippen LogP contribution is 2.26. The minimum absolute atomic E-state index is 0.239. The van der Waals surface area contributed by atoms with Crippen molar-refractivity contribution < 1.29 is 8.42 Å². The average Bonchev–Trinajstić information content (AvgIpc) is 3.05. The molecule has 4 aromatic rings. The molecular weight excluding hydrogens is 372 g/mol. The fourth-order valence-electron chi connectivity index (χ4n) is 3.12.